The molecule has 30 heavy (non-hydrogen) atoms. The molecule has 4 rings (SSSR count). The van der Waals surface area contributed by atoms with Crippen molar-refractivity contribution in [3.8, 4) is 5.75 Å². The van der Waals surface area contributed by atoms with Crippen LogP contribution >= 0.6 is 0 Å². The quantitative estimate of drug-likeness (QED) is 0.475. The van der Waals surface area contributed by atoms with E-state index in [1.165, 1.54) is 22.3 Å². The molecule has 1 heterocycles. The molecule has 0 spiro atoms. The van der Waals surface area contributed by atoms with E-state index >= 15 is 0 Å². The second-order valence-electron chi connectivity index (χ2n) is 7.94. The summed E-state index contributed by atoms with van der Waals surface area (Å²) >= 11 is 0. The molecule has 4 aromatic rings. The number of para-hydroxylation sites is 2. The monoisotopic (exact) mass is 400 g/mol. The Labute approximate surface area is 177 Å². The molecule has 4 heteroatoms. The number of imidazole rings is 1. The number of ether oxygens (including phenoxy) is 1. The fourth-order valence-electron chi connectivity index (χ4n) is 3.70. The van der Waals surface area contributed by atoms with Crippen molar-refractivity contribution in [3.05, 3.63) is 94.8 Å². The third kappa shape index (κ3) is 4.39. The number of aliphatic hydroxyl groups excluding tert-OH is 1. The zero-order valence-corrected chi connectivity index (χ0v) is 17.8. The topological polar surface area (TPSA) is 47.3 Å². The van der Waals surface area contributed by atoms with Crippen molar-refractivity contribution in [3.63, 3.8) is 0 Å². The van der Waals surface area contributed by atoms with Gasteiger partial charge in [0.1, 0.15) is 24.3 Å². The fraction of sp³-hybridized carbons (Fsp3) is 0.269. The summed E-state index contributed by atoms with van der Waals surface area (Å²) in [5, 5.41) is 10.7. The molecule has 1 aromatic heterocycles. The van der Waals surface area contributed by atoms with Crippen LogP contribution in [0.2, 0.25) is 0 Å². The van der Waals surface area contributed by atoms with Crippen molar-refractivity contribution in [2.75, 3.05) is 6.61 Å². The van der Waals surface area contributed by atoms with Crippen LogP contribution in [0, 0.1) is 20.8 Å². The maximum absolute atomic E-state index is 10.7. The minimum atomic E-state index is -0.639. The van der Waals surface area contributed by atoms with Gasteiger partial charge in [-0.3, -0.25) is 0 Å². The molecule has 1 N–H and O–H groups in total. The molecule has 0 amide bonds. The van der Waals surface area contributed by atoms with E-state index in [2.05, 4.69) is 55.7 Å². The number of rotatable bonds is 7. The van der Waals surface area contributed by atoms with E-state index in [1.54, 1.807) is 0 Å². The molecule has 0 saturated heterocycles. The molecule has 0 saturated carbocycles. The molecule has 0 fully saturated rings. The van der Waals surface area contributed by atoms with E-state index < -0.39 is 6.10 Å². The molecule has 4 nitrogen and oxygen atoms in total. The van der Waals surface area contributed by atoms with Gasteiger partial charge in [0.2, 0.25) is 0 Å². The van der Waals surface area contributed by atoms with Crippen LogP contribution in [-0.4, -0.2) is 27.4 Å². The van der Waals surface area contributed by atoms with Gasteiger partial charge in [0, 0.05) is 6.42 Å². The van der Waals surface area contributed by atoms with Crippen LogP contribution in [0.4, 0.5) is 0 Å². The molecule has 0 aliphatic carbocycles. The molecule has 0 radical (unpaired) electrons. The Hall–Kier alpha value is -3.11. The molecule has 3 aromatic carbocycles. The molecular weight excluding hydrogens is 372 g/mol. The van der Waals surface area contributed by atoms with Gasteiger partial charge in [-0.05, 0) is 67.3 Å². The Morgan fingerprint density at radius 2 is 1.67 bits per heavy atom. The Morgan fingerprint density at radius 3 is 2.47 bits per heavy atom. The van der Waals surface area contributed by atoms with Crippen molar-refractivity contribution in [1.29, 1.82) is 0 Å². The van der Waals surface area contributed by atoms with Gasteiger partial charge in [0.15, 0.2) is 0 Å². The number of benzene rings is 3. The van der Waals surface area contributed by atoms with Gasteiger partial charge >= 0.3 is 0 Å². The molecule has 154 valence electrons. The summed E-state index contributed by atoms with van der Waals surface area (Å²) < 4.78 is 7.98. The lowest BCUT2D eigenvalue weighted by Gasteiger charge is -2.16. The van der Waals surface area contributed by atoms with Gasteiger partial charge in [0.25, 0.3) is 0 Å². The van der Waals surface area contributed by atoms with Crippen LogP contribution in [-0.2, 0) is 13.0 Å². The van der Waals surface area contributed by atoms with Gasteiger partial charge in [-0.1, -0.05) is 42.5 Å². The second-order valence-corrected chi connectivity index (χ2v) is 7.94. The fourth-order valence-corrected chi connectivity index (χ4v) is 3.70. The Balaban J connectivity index is 1.54. The summed E-state index contributed by atoms with van der Waals surface area (Å²) in [6.45, 7) is 6.93. The van der Waals surface area contributed by atoms with Gasteiger partial charge in [-0.15, -0.1) is 0 Å². The second kappa shape index (κ2) is 8.72. The third-order valence-electron chi connectivity index (χ3n) is 5.66. The smallest absolute Gasteiger partial charge is 0.119 e. The highest BCUT2D eigenvalue weighted by Crippen LogP contribution is 2.21. The third-order valence-corrected chi connectivity index (χ3v) is 5.66. The normalized spacial score (nSPS) is 12.3. The van der Waals surface area contributed by atoms with Crippen molar-refractivity contribution >= 4 is 11.0 Å². The van der Waals surface area contributed by atoms with Gasteiger partial charge in [0.05, 0.1) is 17.6 Å². The number of aryl methyl sites for hydroxylation is 3. The average Bonchev–Trinajstić information content (AvgIpc) is 3.08. The van der Waals surface area contributed by atoms with E-state index in [4.69, 9.17) is 9.72 Å². The van der Waals surface area contributed by atoms with E-state index in [9.17, 15) is 5.11 Å². The maximum Gasteiger partial charge on any atom is 0.119 e. The highest BCUT2D eigenvalue weighted by Gasteiger charge is 2.16. The van der Waals surface area contributed by atoms with E-state index in [1.807, 2.05) is 36.4 Å². The first-order valence-electron chi connectivity index (χ1n) is 10.4. The summed E-state index contributed by atoms with van der Waals surface area (Å²) in [7, 11) is 0. The zero-order valence-electron chi connectivity index (χ0n) is 17.8. The number of hydrogen-bond acceptors (Lipinski definition) is 3. The van der Waals surface area contributed by atoms with Crippen molar-refractivity contribution < 1.29 is 9.84 Å². The Bertz CT molecular complexity index is 1160. The SMILES string of the molecule is Cc1ccc(OC[C@H](O)Cn2c(Cc3ccccc3C)nc3ccccc32)cc1C. The number of fused-ring (bicyclic) bond motifs is 1. The zero-order chi connectivity index (χ0) is 21.1. The molecule has 0 aliphatic heterocycles. The molecule has 0 unspecified atom stereocenters. The first-order chi connectivity index (χ1) is 14.5. The van der Waals surface area contributed by atoms with Crippen LogP contribution < -0.4 is 4.74 Å². The number of nitrogens with zero attached hydrogens (tertiary/aromatic N) is 2. The van der Waals surface area contributed by atoms with Crippen molar-refractivity contribution in [2.45, 2.75) is 39.8 Å². The minimum absolute atomic E-state index is 0.235. The first kappa shape index (κ1) is 20.2. The minimum Gasteiger partial charge on any atom is -0.491 e. The number of aromatic nitrogens is 2. The highest BCUT2D eigenvalue weighted by atomic mass is 16.5. The highest BCUT2D eigenvalue weighted by molar-refractivity contribution is 5.76. The predicted molar refractivity (Wildman–Crippen MR) is 121 cm³/mol. The Kier molecular flexibility index (Phi) is 5.86. The number of aliphatic hydroxyl groups is 1. The van der Waals surface area contributed by atoms with Crippen LogP contribution in [0.1, 0.15) is 28.1 Å². The van der Waals surface area contributed by atoms with E-state index in [-0.39, 0.29) is 6.61 Å². The van der Waals surface area contributed by atoms with Crippen molar-refractivity contribution in [1.82, 2.24) is 9.55 Å². The lowest BCUT2D eigenvalue weighted by molar-refractivity contribution is 0.0927. The van der Waals surface area contributed by atoms with Crippen LogP contribution in [0.25, 0.3) is 11.0 Å². The summed E-state index contributed by atoms with van der Waals surface area (Å²) in [6.07, 6.45) is 0.0892. The summed E-state index contributed by atoms with van der Waals surface area (Å²) in [4.78, 5) is 4.85. The summed E-state index contributed by atoms with van der Waals surface area (Å²) in [6, 6.07) is 22.5. The standard InChI is InChI=1S/C26H28N2O2/c1-18-12-13-23(14-20(18)3)30-17-22(29)16-28-25-11-7-6-10-24(25)27-26(28)15-21-9-5-4-8-19(21)2/h4-14,22,29H,15-17H2,1-3H3/t22-/m1/s1. The van der Waals surface area contributed by atoms with Crippen LogP contribution in [0.15, 0.2) is 66.7 Å². The lowest BCUT2D eigenvalue weighted by atomic mass is 10.1. The Morgan fingerprint density at radius 1 is 0.900 bits per heavy atom. The van der Waals surface area contributed by atoms with Crippen molar-refractivity contribution in [2.24, 2.45) is 0 Å². The van der Waals surface area contributed by atoms with Gasteiger partial charge in [-0.25, -0.2) is 4.98 Å². The van der Waals surface area contributed by atoms with E-state index in [0.29, 0.717) is 6.54 Å². The van der Waals surface area contributed by atoms with Gasteiger partial charge in [-0.2, -0.15) is 0 Å². The lowest BCUT2D eigenvalue weighted by Crippen LogP contribution is -2.24. The molecule has 0 aliphatic rings. The summed E-state index contributed by atoms with van der Waals surface area (Å²) in [5.74, 6) is 1.74. The number of hydrogen-bond donors (Lipinski definition) is 1. The van der Waals surface area contributed by atoms with E-state index in [0.717, 1.165) is 29.0 Å². The molecule has 1 atom stereocenters. The van der Waals surface area contributed by atoms with Crippen LogP contribution in [0.5, 0.6) is 5.75 Å². The van der Waals surface area contributed by atoms with Crippen LogP contribution in [0.3, 0.4) is 0 Å². The predicted octanol–water partition coefficient (Wildman–Crippen LogP) is 4.99. The van der Waals surface area contributed by atoms with Gasteiger partial charge < -0.3 is 14.4 Å². The molecular formula is C26H28N2O2. The first-order valence-corrected chi connectivity index (χ1v) is 10.4. The molecule has 0 bridgehead atoms. The average molecular weight is 401 g/mol. The maximum atomic E-state index is 10.7. The summed E-state index contributed by atoms with van der Waals surface area (Å²) in [5.41, 5.74) is 6.89. The largest absolute Gasteiger partial charge is 0.491 e.